The molecule has 0 aromatic carbocycles. The van der Waals surface area contributed by atoms with E-state index in [2.05, 4.69) is 0 Å². The second kappa shape index (κ2) is 4.91. The van der Waals surface area contributed by atoms with Crippen LogP contribution in [0.2, 0.25) is 0 Å². The first kappa shape index (κ1) is 10.9. The number of epoxide rings is 1. The van der Waals surface area contributed by atoms with Crippen LogP contribution in [0, 0.1) is 5.41 Å². The third-order valence-corrected chi connectivity index (χ3v) is 2.60. The average Bonchev–Trinajstić information content (AvgIpc) is 2.96. The van der Waals surface area contributed by atoms with Crippen molar-refractivity contribution in [2.75, 3.05) is 26.4 Å². The summed E-state index contributed by atoms with van der Waals surface area (Å²) >= 11 is 0. The molecule has 1 unspecified atom stereocenters. The fourth-order valence-corrected chi connectivity index (χ4v) is 1.56. The van der Waals surface area contributed by atoms with E-state index in [1.807, 2.05) is 0 Å². The van der Waals surface area contributed by atoms with Crippen molar-refractivity contribution in [3.63, 3.8) is 0 Å². The van der Waals surface area contributed by atoms with E-state index < -0.39 is 5.41 Å². The van der Waals surface area contributed by atoms with Crippen LogP contribution in [-0.2, 0) is 4.74 Å². The number of hydrogen-bond acceptors (Lipinski definition) is 4. The van der Waals surface area contributed by atoms with Crippen LogP contribution in [0.3, 0.4) is 0 Å². The Bertz CT molecular complexity index is 141. The van der Waals surface area contributed by atoms with Gasteiger partial charge in [-0.25, -0.2) is 0 Å². The van der Waals surface area contributed by atoms with Crippen LogP contribution in [0.15, 0.2) is 0 Å². The number of rotatable bonds is 7. The van der Waals surface area contributed by atoms with Crippen LogP contribution >= 0.6 is 0 Å². The predicted molar refractivity (Wildman–Crippen MR) is 47.3 cm³/mol. The number of ether oxygens (including phenoxy) is 1. The van der Waals surface area contributed by atoms with Gasteiger partial charge in [-0.2, -0.15) is 0 Å². The van der Waals surface area contributed by atoms with Gasteiger partial charge in [0.25, 0.3) is 0 Å². The van der Waals surface area contributed by atoms with Gasteiger partial charge in [-0.15, -0.1) is 0 Å². The molecule has 3 N–H and O–H groups in total. The van der Waals surface area contributed by atoms with Crippen LogP contribution in [0.25, 0.3) is 0 Å². The van der Waals surface area contributed by atoms with E-state index >= 15 is 0 Å². The van der Waals surface area contributed by atoms with Crippen molar-refractivity contribution in [2.24, 2.45) is 5.41 Å². The number of aliphatic hydroxyl groups is 3. The zero-order chi connectivity index (χ0) is 9.73. The lowest BCUT2D eigenvalue weighted by Crippen LogP contribution is -2.32. The van der Waals surface area contributed by atoms with E-state index in [0.29, 0.717) is 19.3 Å². The van der Waals surface area contributed by atoms with Crippen LogP contribution in [0.4, 0.5) is 0 Å². The molecule has 1 aliphatic rings. The maximum atomic E-state index is 9.18. The smallest absolute Gasteiger partial charge is 0.0817 e. The number of aliphatic hydroxyl groups excluding tert-OH is 3. The van der Waals surface area contributed by atoms with E-state index in [-0.39, 0.29) is 25.9 Å². The minimum atomic E-state index is -0.454. The Morgan fingerprint density at radius 2 is 1.85 bits per heavy atom. The lowest BCUT2D eigenvalue weighted by molar-refractivity contribution is 0.0282. The summed E-state index contributed by atoms with van der Waals surface area (Å²) in [7, 11) is 0. The van der Waals surface area contributed by atoms with Crippen molar-refractivity contribution in [1.29, 1.82) is 0 Å². The Hall–Kier alpha value is -0.160. The van der Waals surface area contributed by atoms with Crippen molar-refractivity contribution >= 4 is 0 Å². The van der Waals surface area contributed by atoms with Gasteiger partial charge in [0.15, 0.2) is 0 Å². The van der Waals surface area contributed by atoms with Gasteiger partial charge in [0.2, 0.25) is 0 Å². The molecule has 0 aliphatic carbocycles. The first-order valence-corrected chi connectivity index (χ1v) is 4.70. The molecule has 1 fully saturated rings. The van der Waals surface area contributed by atoms with Gasteiger partial charge >= 0.3 is 0 Å². The Labute approximate surface area is 78.1 Å². The lowest BCUT2D eigenvalue weighted by Gasteiger charge is -2.28. The minimum Gasteiger partial charge on any atom is -0.396 e. The summed E-state index contributed by atoms with van der Waals surface area (Å²) in [5.74, 6) is 0. The second-order valence-electron chi connectivity index (χ2n) is 3.80. The molecule has 4 nitrogen and oxygen atoms in total. The van der Waals surface area contributed by atoms with Crippen LogP contribution in [-0.4, -0.2) is 47.9 Å². The van der Waals surface area contributed by atoms with Crippen molar-refractivity contribution in [2.45, 2.75) is 25.4 Å². The monoisotopic (exact) mass is 190 g/mol. The summed E-state index contributed by atoms with van der Waals surface area (Å²) in [4.78, 5) is 0. The maximum absolute atomic E-state index is 9.18. The summed E-state index contributed by atoms with van der Waals surface area (Å²) in [6.45, 7) is 0.765. The summed E-state index contributed by atoms with van der Waals surface area (Å²) < 4.78 is 5.06. The van der Waals surface area contributed by atoms with Crippen LogP contribution < -0.4 is 0 Å². The summed E-state index contributed by atoms with van der Waals surface area (Å²) in [5.41, 5.74) is -0.454. The van der Waals surface area contributed by atoms with Gasteiger partial charge in [0.1, 0.15) is 0 Å². The first-order chi connectivity index (χ1) is 6.26. The fourth-order valence-electron chi connectivity index (χ4n) is 1.56. The maximum Gasteiger partial charge on any atom is 0.0817 e. The molecule has 1 rings (SSSR count). The second-order valence-corrected chi connectivity index (χ2v) is 3.80. The van der Waals surface area contributed by atoms with E-state index in [9.17, 15) is 10.2 Å². The summed E-state index contributed by atoms with van der Waals surface area (Å²) in [5, 5.41) is 27.0. The molecular formula is C9H18O4. The van der Waals surface area contributed by atoms with Crippen molar-refractivity contribution in [3.05, 3.63) is 0 Å². The SMILES string of the molecule is OCCCC(CO)(CO)CC1CO1. The van der Waals surface area contributed by atoms with Gasteiger partial charge in [-0.05, 0) is 19.3 Å². The van der Waals surface area contributed by atoms with E-state index in [1.54, 1.807) is 0 Å². The van der Waals surface area contributed by atoms with E-state index in [4.69, 9.17) is 9.84 Å². The predicted octanol–water partition coefficient (Wildman–Crippen LogP) is -0.481. The molecule has 0 bridgehead atoms. The third-order valence-electron chi connectivity index (χ3n) is 2.60. The summed E-state index contributed by atoms with van der Waals surface area (Å²) in [6, 6.07) is 0. The van der Waals surface area contributed by atoms with Gasteiger partial charge in [0.05, 0.1) is 25.9 Å². The zero-order valence-electron chi connectivity index (χ0n) is 7.78. The van der Waals surface area contributed by atoms with Gasteiger partial charge in [-0.3, -0.25) is 0 Å². The highest BCUT2D eigenvalue weighted by molar-refractivity contribution is 4.85. The normalized spacial score (nSPS) is 21.9. The van der Waals surface area contributed by atoms with Crippen molar-refractivity contribution < 1.29 is 20.1 Å². The standard InChI is InChI=1S/C9H18O4/c10-3-1-2-9(6-11,7-12)4-8-5-13-8/h8,10-12H,1-7H2. The quantitative estimate of drug-likeness (QED) is 0.474. The highest BCUT2D eigenvalue weighted by Crippen LogP contribution is 2.33. The highest BCUT2D eigenvalue weighted by atomic mass is 16.6. The third kappa shape index (κ3) is 3.23. The molecule has 0 aromatic heterocycles. The van der Waals surface area contributed by atoms with Crippen molar-refractivity contribution in [1.82, 2.24) is 0 Å². The molecular weight excluding hydrogens is 172 g/mol. The van der Waals surface area contributed by atoms with Crippen LogP contribution in [0.1, 0.15) is 19.3 Å². The van der Waals surface area contributed by atoms with Crippen LogP contribution in [0.5, 0.6) is 0 Å². The molecule has 0 aromatic rings. The molecule has 1 heterocycles. The Balaban J connectivity index is 2.38. The highest BCUT2D eigenvalue weighted by Gasteiger charge is 2.36. The summed E-state index contributed by atoms with van der Waals surface area (Å²) in [6.07, 6.45) is 2.17. The number of hydrogen-bond donors (Lipinski definition) is 3. The molecule has 0 amide bonds. The van der Waals surface area contributed by atoms with E-state index in [1.165, 1.54) is 0 Å². The van der Waals surface area contributed by atoms with Gasteiger partial charge < -0.3 is 20.1 Å². The molecule has 0 saturated carbocycles. The minimum absolute atomic E-state index is 0.0383. The molecule has 13 heavy (non-hydrogen) atoms. The molecule has 1 saturated heterocycles. The molecule has 0 spiro atoms. The van der Waals surface area contributed by atoms with Crippen molar-refractivity contribution in [3.8, 4) is 0 Å². The lowest BCUT2D eigenvalue weighted by atomic mass is 9.80. The molecule has 78 valence electrons. The van der Waals surface area contributed by atoms with Gasteiger partial charge in [0, 0.05) is 12.0 Å². The first-order valence-electron chi connectivity index (χ1n) is 4.70. The Morgan fingerprint density at radius 3 is 2.23 bits per heavy atom. The largest absolute Gasteiger partial charge is 0.396 e. The van der Waals surface area contributed by atoms with E-state index in [0.717, 1.165) is 6.61 Å². The molecule has 1 atom stereocenters. The molecule has 1 aliphatic heterocycles. The fraction of sp³-hybridized carbons (Fsp3) is 1.00. The molecule has 4 heteroatoms. The Kier molecular flexibility index (Phi) is 4.12. The zero-order valence-corrected chi connectivity index (χ0v) is 7.78. The molecule has 0 radical (unpaired) electrons. The topological polar surface area (TPSA) is 73.2 Å². The Morgan fingerprint density at radius 1 is 1.23 bits per heavy atom. The average molecular weight is 190 g/mol. The van der Waals surface area contributed by atoms with Gasteiger partial charge in [-0.1, -0.05) is 0 Å².